The maximum absolute atomic E-state index is 11.7. The van der Waals surface area contributed by atoms with Gasteiger partial charge in [0.1, 0.15) is 5.78 Å². The summed E-state index contributed by atoms with van der Waals surface area (Å²) < 4.78 is 2.11. The first-order chi connectivity index (χ1) is 8.72. The van der Waals surface area contributed by atoms with Crippen molar-refractivity contribution in [3.05, 3.63) is 17.5 Å². The Labute approximate surface area is 110 Å². The standard InChI is InChI=1S/C15H24N2O/c1-3-13-11-14(17(4-2)16-13)9-12-7-5-6-8-15(18)10-12/h11-12H,3-10H2,1-2H3. The third kappa shape index (κ3) is 3.21. The van der Waals surface area contributed by atoms with E-state index in [-0.39, 0.29) is 0 Å². The van der Waals surface area contributed by atoms with E-state index in [4.69, 9.17) is 0 Å². The molecular formula is C15H24N2O. The molecule has 1 aliphatic carbocycles. The summed E-state index contributed by atoms with van der Waals surface area (Å²) in [6.45, 7) is 5.20. The van der Waals surface area contributed by atoms with Crippen LogP contribution in [0.1, 0.15) is 57.3 Å². The molecule has 0 aliphatic heterocycles. The van der Waals surface area contributed by atoms with Crippen LogP contribution in [0.4, 0.5) is 0 Å². The van der Waals surface area contributed by atoms with Gasteiger partial charge in [0.25, 0.3) is 0 Å². The lowest BCUT2D eigenvalue weighted by Gasteiger charge is -2.13. The number of ketones is 1. The van der Waals surface area contributed by atoms with Crippen LogP contribution >= 0.6 is 0 Å². The van der Waals surface area contributed by atoms with Crippen molar-refractivity contribution in [2.45, 2.75) is 65.3 Å². The van der Waals surface area contributed by atoms with Gasteiger partial charge < -0.3 is 0 Å². The van der Waals surface area contributed by atoms with E-state index >= 15 is 0 Å². The number of Topliss-reactive ketones (excluding diaryl/α,β-unsaturated/α-hetero) is 1. The van der Waals surface area contributed by atoms with Crippen molar-refractivity contribution in [3.63, 3.8) is 0 Å². The third-order valence-corrected chi connectivity index (χ3v) is 3.91. The molecule has 1 unspecified atom stereocenters. The molecule has 1 fully saturated rings. The van der Waals surface area contributed by atoms with E-state index in [9.17, 15) is 4.79 Å². The van der Waals surface area contributed by atoms with Crippen molar-refractivity contribution in [2.75, 3.05) is 0 Å². The topological polar surface area (TPSA) is 34.9 Å². The highest BCUT2D eigenvalue weighted by atomic mass is 16.1. The molecular weight excluding hydrogens is 224 g/mol. The Bertz CT molecular complexity index is 409. The van der Waals surface area contributed by atoms with Crippen LogP contribution in [-0.2, 0) is 24.2 Å². The molecule has 0 saturated heterocycles. The molecule has 0 amide bonds. The van der Waals surface area contributed by atoms with Gasteiger partial charge >= 0.3 is 0 Å². The smallest absolute Gasteiger partial charge is 0.133 e. The van der Waals surface area contributed by atoms with Crippen molar-refractivity contribution in [3.8, 4) is 0 Å². The zero-order valence-electron chi connectivity index (χ0n) is 11.6. The second kappa shape index (κ2) is 6.17. The maximum Gasteiger partial charge on any atom is 0.133 e. The predicted molar refractivity (Wildman–Crippen MR) is 72.6 cm³/mol. The number of hydrogen-bond acceptors (Lipinski definition) is 2. The highest BCUT2D eigenvalue weighted by Gasteiger charge is 2.19. The molecule has 18 heavy (non-hydrogen) atoms. The molecule has 0 radical (unpaired) electrons. The van der Waals surface area contributed by atoms with E-state index < -0.39 is 0 Å². The fraction of sp³-hybridized carbons (Fsp3) is 0.733. The van der Waals surface area contributed by atoms with Crippen molar-refractivity contribution < 1.29 is 4.79 Å². The summed E-state index contributed by atoms with van der Waals surface area (Å²) in [6.07, 6.45) is 7.07. The summed E-state index contributed by atoms with van der Waals surface area (Å²) in [5, 5.41) is 4.59. The predicted octanol–water partition coefficient (Wildman–Crippen LogP) is 3.16. The SMILES string of the molecule is CCc1cc(CC2CCCCC(=O)C2)n(CC)n1. The second-order valence-electron chi connectivity index (χ2n) is 5.36. The summed E-state index contributed by atoms with van der Waals surface area (Å²) in [7, 11) is 0. The van der Waals surface area contributed by atoms with Crippen LogP contribution in [0.25, 0.3) is 0 Å². The lowest BCUT2D eigenvalue weighted by Crippen LogP contribution is -2.12. The van der Waals surface area contributed by atoms with Crippen LogP contribution in [0, 0.1) is 5.92 Å². The van der Waals surface area contributed by atoms with Crippen molar-refractivity contribution >= 4 is 5.78 Å². The Morgan fingerprint density at radius 2 is 2.22 bits per heavy atom. The summed E-state index contributed by atoms with van der Waals surface area (Å²) >= 11 is 0. The number of nitrogens with zero attached hydrogens (tertiary/aromatic N) is 2. The van der Waals surface area contributed by atoms with Gasteiger partial charge in [0.2, 0.25) is 0 Å². The summed E-state index contributed by atoms with van der Waals surface area (Å²) in [6, 6.07) is 2.22. The minimum atomic E-state index is 0.454. The minimum absolute atomic E-state index is 0.454. The Balaban J connectivity index is 2.07. The van der Waals surface area contributed by atoms with Crippen molar-refractivity contribution in [1.82, 2.24) is 9.78 Å². The molecule has 1 aromatic heterocycles. The van der Waals surface area contributed by atoms with E-state index in [0.29, 0.717) is 11.7 Å². The van der Waals surface area contributed by atoms with Gasteiger partial charge in [-0.3, -0.25) is 9.48 Å². The third-order valence-electron chi connectivity index (χ3n) is 3.91. The van der Waals surface area contributed by atoms with Crippen LogP contribution < -0.4 is 0 Å². The van der Waals surface area contributed by atoms with Gasteiger partial charge in [-0.25, -0.2) is 0 Å². The molecule has 0 N–H and O–H groups in total. The summed E-state index contributed by atoms with van der Waals surface area (Å²) in [5.41, 5.74) is 2.49. The average molecular weight is 248 g/mol. The lowest BCUT2D eigenvalue weighted by molar-refractivity contribution is -0.119. The van der Waals surface area contributed by atoms with Crippen molar-refractivity contribution in [2.24, 2.45) is 5.92 Å². The van der Waals surface area contributed by atoms with Crippen LogP contribution in [-0.4, -0.2) is 15.6 Å². The summed E-state index contributed by atoms with van der Waals surface area (Å²) in [5.74, 6) is 0.988. The van der Waals surface area contributed by atoms with Gasteiger partial charge in [-0.2, -0.15) is 5.10 Å². The zero-order chi connectivity index (χ0) is 13.0. The van der Waals surface area contributed by atoms with Gasteiger partial charge in [0.15, 0.2) is 0 Å². The maximum atomic E-state index is 11.7. The van der Waals surface area contributed by atoms with Crippen LogP contribution in [0.3, 0.4) is 0 Å². The average Bonchev–Trinajstić information content (AvgIpc) is 2.64. The molecule has 1 aliphatic rings. The first-order valence-corrected chi connectivity index (χ1v) is 7.30. The molecule has 0 spiro atoms. The first-order valence-electron chi connectivity index (χ1n) is 7.30. The number of carbonyl (C=O) groups excluding carboxylic acids is 1. The Kier molecular flexibility index (Phi) is 4.56. The van der Waals surface area contributed by atoms with Gasteiger partial charge in [0, 0.05) is 25.1 Å². The minimum Gasteiger partial charge on any atom is -0.300 e. The molecule has 0 aromatic carbocycles. The monoisotopic (exact) mass is 248 g/mol. The number of aromatic nitrogens is 2. The lowest BCUT2D eigenvalue weighted by atomic mass is 9.94. The van der Waals surface area contributed by atoms with Crippen LogP contribution in [0.5, 0.6) is 0 Å². The van der Waals surface area contributed by atoms with Gasteiger partial charge in [-0.15, -0.1) is 0 Å². The van der Waals surface area contributed by atoms with E-state index in [0.717, 1.165) is 38.6 Å². The fourth-order valence-corrected chi connectivity index (χ4v) is 2.88. The number of aryl methyl sites for hydroxylation is 2. The molecule has 2 rings (SSSR count). The Hall–Kier alpha value is -1.12. The molecule has 100 valence electrons. The van der Waals surface area contributed by atoms with Gasteiger partial charge in [0.05, 0.1) is 5.69 Å². The second-order valence-corrected chi connectivity index (χ2v) is 5.36. The molecule has 1 aromatic rings. The van der Waals surface area contributed by atoms with E-state index in [2.05, 4.69) is 29.7 Å². The highest BCUT2D eigenvalue weighted by molar-refractivity contribution is 5.78. The van der Waals surface area contributed by atoms with Gasteiger partial charge in [-0.05, 0) is 44.6 Å². The van der Waals surface area contributed by atoms with Gasteiger partial charge in [-0.1, -0.05) is 13.3 Å². The molecule has 1 heterocycles. The van der Waals surface area contributed by atoms with E-state index in [1.807, 2.05) is 0 Å². The fourth-order valence-electron chi connectivity index (χ4n) is 2.88. The summed E-state index contributed by atoms with van der Waals surface area (Å²) in [4.78, 5) is 11.7. The Morgan fingerprint density at radius 3 is 2.94 bits per heavy atom. The zero-order valence-corrected chi connectivity index (χ0v) is 11.6. The number of hydrogen-bond donors (Lipinski definition) is 0. The normalized spacial score (nSPS) is 21.0. The van der Waals surface area contributed by atoms with Crippen LogP contribution in [0.2, 0.25) is 0 Å². The Morgan fingerprint density at radius 1 is 1.39 bits per heavy atom. The first kappa shape index (κ1) is 13.3. The largest absolute Gasteiger partial charge is 0.300 e. The number of rotatable bonds is 4. The molecule has 0 bridgehead atoms. The molecule has 3 heteroatoms. The molecule has 1 saturated carbocycles. The van der Waals surface area contributed by atoms with E-state index in [1.54, 1.807) is 0 Å². The van der Waals surface area contributed by atoms with E-state index in [1.165, 1.54) is 24.2 Å². The van der Waals surface area contributed by atoms with Crippen molar-refractivity contribution in [1.29, 1.82) is 0 Å². The quantitative estimate of drug-likeness (QED) is 0.767. The molecule has 3 nitrogen and oxygen atoms in total. The molecule has 1 atom stereocenters. The number of carbonyl (C=O) groups is 1. The highest BCUT2D eigenvalue weighted by Crippen LogP contribution is 2.24. The van der Waals surface area contributed by atoms with Crippen LogP contribution in [0.15, 0.2) is 6.07 Å².